The third-order valence-electron chi connectivity index (χ3n) is 5.61. The number of hydrogen-bond donors (Lipinski definition) is 2. The summed E-state index contributed by atoms with van der Waals surface area (Å²) in [4.78, 5) is 12.9. The number of halogens is 1. The first-order valence-corrected chi connectivity index (χ1v) is 11.8. The quantitative estimate of drug-likeness (QED) is 0.603. The largest absolute Gasteiger partial charge is 0.488 e. The number of aromatic nitrogens is 3. The second-order valence-corrected chi connectivity index (χ2v) is 10.4. The van der Waals surface area contributed by atoms with Crippen LogP contribution in [0, 0.1) is 19.7 Å². The summed E-state index contributed by atoms with van der Waals surface area (Å²) in [5, 5.41) is 7.00. The molecule has 11 heteroatoms. The van der Waals surface area contributed by atoms with E-state index in [1.54, 1.807) is 32.6 Å². The van der Waals surface area contributed by atoms with Crippen LogP contribution in [0.15, 0.2) is 35.4 Å². The number of benzene rings is 1. The summed E-state index contributed by atoms with van der Waals surface area (Å²) in [6.45, 7) is 5.21. The predicted octanol–water partition coefficient (Wildman–Crippen LogP) is 2.44. The summed E-state index contributed by atoms with van der Waals surface area (Å²) in [7, 11) is -0.625. The third-order valence-corrected chi connectivity index (χ3v) is 7.24. The predicted molar refractivity (Wildman–Crippen MR) is 120 cm³/mol. The molecule has 3 aromatic rings. The van der Waals surface area contributed by atoms with Gasteiger partial charge >= 0.3 is 0 Å². The van der Waals surface area contributed by atoms with E-state index >= 15 is 0 Å². The van der Waals surface area contributed by atoms with Gasteiger partial charge in [-0.15, -0.1) is 0 Å². The van der Waals surface area contributed by atoms with E-state index in [0.29, 0.717) is 17.7 Å². The summed E-state index contributed by atoms with van der Waals surface area (Å²) in [5.41, 5.74) is 1.52. The van der Waals surface area contributed by atoms with Gasteiger partial charge in [0, 0.05) is 38.1 Å². The Bertz CT molecular complexity index is 1360. The van der Waals surface area contributed by atoms with Crippen molar-refractivity contribution in [2.45, 2.75) is 37.6 Å². The third kappa shape index (κ3) is 4.38. The van der Waals surface area contributed by atoms with Crippen molar-refractivity contribution in [3.63, 3.8) is 0 Å². The minimum atomic E-state index is -3.99. The standard InChI is InChI=1S/C22H26FN5O4S/c1-13-8-15(6-7-17(13)23)24-21(29)19-20-18(11-27(19)4)33(30,31)26-22(3,12-32-20)10-16-9-14(2)25-28(16)5/h6-9,11,26H,10,12H2,1-5H3,(H,24,29). The SMILES string of the molecule is Cc1cc(CC2(C)COc3c(cn(C)c3C(=O)Nc3ccc(F)c(C)c3)S(=O)(=O)N2)n(C)n1. The summed E-state index contributed by atoms with van der Waals surface area (Å²) >= 11 is 0. The molecule has 1 amide bonds. The second kappa shape index (κ2) is 7.99. The number of nitrogens with one attached hydrogen (secondary N) is 2. The van der Waals surface area contributed by atoms with Gasteiger partial charge < -0.3 is 14.6 Å². The van der Waals surface area contributed by atoms with Gasteiger partial charge in [-0.2, -0.15) is 5.10 Å². The van der Waals surface area contributed by atoms with Crippen molar-refractivity contribution < 1.29 is 22.3 Å². The van der Waals surface area contributed by atoms with Crippen molar-refractivity contribution in [1.82, 2.24) is 19.1 Å². The molecule has 33 heavy (non-hydrogen) atoms. The van der Waals surface area contributed by atoms with Gasteiger partial charge in [-0.1, -0.05) is 0 Å². The Labute approximate surface area is 191 Å². The van der Waals surface area contributed by atoms with Gasteiger partial charge in [0.2, 0.25) is 10.0 Å². The molecule has 3 heterocycles. The lowest BCUT2D eigenvalue weighted by molar-refractivity contribution is 0.101. The first kappa shape index (κ1) is 23.0. The number of aryl methyl sites for hydroxylation is 4. The Morgan fingerprint density at radius 1 is 1.30 bits per heavy atom. The molecule has 0 bridgehead atoms. The van der Waals surface area contributed by atoms with Gasteiger partial charge in [0.25, 0.3) is 5.91 Å². The number of nitrogens with zero attached hydrogens (tertiary/aromatic N) is 3. The number of carbonyl (C=O) groups excluding carboxylic acids is 1. The fourth-order valence-corrected chi connectivity index (χ4v) is 5.63. The molecule has 4 rings (SSSR count). The molecule has 2 aromatic heterocycles. The molecule has 0 saturated carbocycles. The first-order valence-electron chi connectivity index (χ1n) is 10.3. The lowest BCUT2D eigenvalue weighted by atomic mass is 9.98. The Morgan fingerprint density at radius 2 is 2.03 bits per heavy atom. The fraction of sp³-hybridized carbons (Fsp3) is 0.364. The van der Waals surface area contributed by atoms with Crippen LogP contribution in [0.4, 0.5) is 10.1 Å². The van der Waals surface area contributed by atoms with Gasteiger partial charge in [-0.3, -0.25) is 9.48 Å². The average Bonchev–Trinajstić information content (AvgIpc) is 3.18. The van der Waals surface area contributed by atoms with Crippen molar-refractivity contribution in [3.05, 3.63) is 58.9 Å². The smallest absolute Gasteiger partial charge is 0.276 e. The van der Waals surface area contributed by atoms with E-state index in [1.807, 2.05) is 13.0 Å². The van der Waals surface area contributed by atoms with E-state index in [0.717, 1.165) is 11.4 Å². The molecule has 0 fully saturated rings. The number of amides is 1. The van der Waals surface area contributed by atoms with E-state index in [-0.39, 0.29) is 28.8 Å². The number of rotatable bonds is 4. The van der Waals surface area contributed by atoms with Crippen LogP contribution < -0.4 is 14.8 Å². The highest BCUT2D eigenvalue weighted by Gasteiger charge is 2.40. The van der Waals surface area contributed by atoms with E-state index in [4.69, 9.17) is 4.74 Å². The molecule has 0 spiro atoms. The van der Waals surface area contributed by atoms with E-state index < -0.39 is 21.5 Å². The number of ether oxygens (including phenoxy) is 1. The molecule has 176 valence electrons. The van der Waals surface area contributed by atoms with Crippen molar-refractivity contribution in [2.24, 2.45) is 14.1 Å². The van der Waals surface area contributed by atoms with Crippen LogP contribution in [-0.4, -0.2) is 40.8 Å². The molecule has 1 aliphatic rings. The number of anilines is 1. The van der Waals surface area contributed by atoms with Crippen LogP contribution in [0.3, 0.4) is 0 Å². The van der Waals surface area contributed by atoms with Crippen LogP contribution in [0.5, 0.6) is 5.75 Å². The van der Waals surface area contributed by atoms with Crippen LogP contribution in [0.25, 0.3) is 0 Å². The van der Waals surface area contributed by atoms with Gasteiger partial charge in [-0.25, -0.2) is 17.5 Å². The van der Waals surface area contributed by atoms with E-state index in [2.05, 4.69) is 15.1 Å². The van der Waals surface area contributed by atoms with Crippen LogP contribution >= 0.6 is 0 Å². The zero-order valence-corrected chi connectivity index (χ0v) is 19.9. The van der Waals surface area contributed by atoms with Crippen molar-refractivity contribution in [2.75, 3.05) is 11.9 Å². The lowest BCUT2D eigenvalue weighted by Crippen LogP contribution is -2.50. The molecule has 0 radical (unpaired) electrons. The number of sulfonamides is 1. The Hall–Kier alpha value is -3.18. The molecule has 0 aliphatic carbocycles. The number of hydrogen-bond acceptors (Lipinski definition) is 5. The maximum absolute atomic E-state index is 13.6. The Balaban J connectivity index is 1.66. The molecule has 1 unspecified atom stereocenters. The monoisotopic (exact) mass is 475 g/mol. The molecule has 9 nitrogen and oxygen atoms in total. The Kier molecular flexibility index (Phi) is 5.57. The van der Waals surface area contributed by atoms with Crippen molar-refractivity contribution in [1.29, 1.82) is 0 Å². The highest BCUT2D eigenvalue weighted by atomic mass is 32.2. The average molecular weight is 476 g/mol. The molecular weight excluding hydrogens is 449 g/mol. The zero-order chi connectivity index (χ0) is 24.1. The van der Waals surface area contributed by atoms with Gasteiger partial charge in [0.15, 0.2) is 11.4 Å². The van der Waals surface area contributed by atoms with Gasteiger partial charge in [-0.05, 0) is 50.6 Å². The lowest BCUT2D eigenvalue weighted by Gasteiger charge is -2.27. The molecule has 1 atom stereocenters. The molecule has 2 N–H and O–H groups in total. The van der Waals surface area contributed by atoms with Gasteiger partial charge in [0.05, 0.1) is 11.2 Å². The fourth-order valence-electron chi connectivity index (χ4n) is 4.04. The second-order valence-electron chi connectivity index (χ2n) is 8.73. The van der Waals surface area contributed by atoms with Crippen LogP contribution in [0.2, 0.25) is 0 Å². The normalized spacial score (nSPS) is 19.5. The minimum Gasteiger partial charge on any atom is -0.488 e. The van der Waals surface area contributed by atoms with Crippen molar-refractivity contribution >= 4 is 21.6 Å². The summed E-state index contributed by atoms with van der Waals surface area (Å²) in [6.07, 6.45) is 1.69. The number of carbonyl (C=O) groups is 1. The highest BCUT2D eigenvalue weighted by molar-refractivity contribution is 7.89. The molecule has 1 aliphatic heterocycles. The topological polar surface area (TPSA) is 107 Å². The minimum absolute atomic E-state index is 0.00338. The summed E-state index contributed by atoms with van der Waals surface area (Å²) < 4.78 is 51.8. The Morgan fingerprint density at radius 3 is 2.67 bits per heavy atom. The maximum Gasteiger partial charge on any atom is 0.276 e. The maximum atomic E-state index is 13.6. The van der Waals surface area contributed by atoms with Crippen molar-refractivity contribution in [3.8, 4) is 5.75 Å². The summed E-state index contributed by atoms with van der Waals surface area (Å²) in [5.74, 6) is -0.971. The molecule has 1 aromatic carbocycles. The van der Waals surface area contributed by atoms with E-state index in [1.165, 1.54) is 29.0 Å². The van der Waals surface area contributed by atoms with E-state index in [9.17, 15) is 17.6 Å². The van der Waals surface area contributed by atoms with Crippen LogP contribution in [0.1, 0.15) is 34.4 Å². The molecular formula is C22H26FN5O4S. The zero-order valence-electron chi connectivity index (χ0n) is 19.1. The summed E-state index contributed by atoms with van der Waals surface area (Å²) in [6, 6.07) is 6.09. The molecule has 0 saturated heterocycles. The highest BCUT2D eigenvalue weighted by Crippen LogP contribution is 2.35. The first-order chi connectivity index (χ1) is 15.4. The van der Waals surface area contributed by atoms with Crippen LogP contribution in [-0.2, 0) is 30.5 Å². The number of fused-ring (bicyclic) bond motifs is 1. The van der Waals surface area contributed by atoms with Gasteiger partial charge in [0.1, 0.15) is 17.3 Å².